The SMILES string of the molecule is C=CNC(=O)/C(C=N)=C(/N/C=C/C(C)(C)NC(C)=O)OCC. The lowest BCUT2D eigenvalue weighted by molar-refractivity contribution is -0.120. The molecule has 0 bridgehead atoms. The zero-order valence-corrected chi connectivity index (χ0v) is 13.4. The number of rotatable bonds is 9. The first-order valence-corrected chi connectivity index (χ1v) is 6.79. The molecule has 0 aliphatic rings. The Kier molecular flexibility index (Phi) is 8.29. The maximum Gasteiger partial charge on any atom is 0.262 e. The molecule has 0 atom stereocenters. The molecule has 0 heterocycles. The molecule has 0 radical (unpaired) electrons. The fraction of sp³-hybridized carbons (Fsp3) is 0.400. The predicted molar refractivity (Wildman–Crippen MR) is 85.9 cm³/mol. The Morgan fingerprint density at radius 2 is 1.95 bits per heavy atom. The molecule has 0 aromatic carbocycles. The van der Waals surface area contributed by atoms with Crippen molar-refractivity contribution in [3.8, 4) is 0 Å². The van der Waals surface area contributed by atoms with Crippen LogP contribution in [-0.2, 0) is 14.3 Å². The van der Waals surface area contributed by atoms with E-state index in [4.69, 9.17) is 10.1 Å². The number of hydrogen-bond acceptors (Lipinski definition) is 5. The first kappa shape index (κ1) is 19.4. The van der Waals surface area contributed by atoms with Crippen molar-refractivity contribution < 1.29 is 14.3 Å². The Balaban J connectivity index is 5.18. The molecule has 0 saturated carbocycles. The van der Waals surface area contributed by atoms with Gasteiger partial charge in [-0.3, -0.25) is 9.59 Å². The largest absolute Gasteiger partial charge is 0.479 e. The van der Waals surface area contributed by atoms with Crippen molar-refractivity contribution in [1.82, 2.24) is 16.0 Å². The van der Waals surface area contributed by atoms with Crippen LogP contribution in [0.5, 0.6) is 0 Å². The number of ether oxygens (including phenoxy) is 1. The third-order valence-electron chi connectivity index (χ3n) is 2.37. The summed E-state index contributed by atoms with van der Waals surface area (Å²) in [4.78, 5) is 22.9. The molecule has 0 rings (SSSR count). The quantitative estimate of drug-likeness (QED) is 0.291. The predicted octanol–water partition coefficient (Wildman–Crippen LogP) is 1.16. The van der Waals surface area contributed by atoms with E-state index in [2.05, 4.69) is 22.5 Å². The highest BCUT2D eigenvalue weighted by atomic mass is 16.5. The molecule has 0 aromatic rings. The van der Waals surface area contributed by atoms with E-state index < -0.39 is 11.4 Å². The Morgan fingerprint density at radius 3 is 2.41 bits per heavy atom. The Labute approximate surface area is 131 Å². The van der Waals surface area contributed by atoms with Gasteiger partial charge < -0.3 is 26.1 Å². The topological polar surface area (TPSA) is 103 Å². The van der Waals surface area contributed by atoms with Crippen molar-refractivity contribution in [3.63, 3.8) is 0 Å². The summed E-state index contributed by atoms with van der Waals surface area (Å²) in [5.41, 5.74) is -0.534. The summed E-state index contributed by atoms with van der Waals surface area (Å²) in [6.45, 7) is 10.6. The minimum Gasteiger partial charge on any atom is -0.479 e. The summed E-state index contributed by atoms with van der Waals surface area (Å²) < 4.78 is 5.34. The maximum absolute atomic E-state index is 11.8. The second kappa shape index (κ2) is 9.38. The van der Waals surface area contributed by atoms with Crippen molar-refractivity contribution in [2.75, 3.05) is 6.61 Å². The lowest BCUT2D eigenvalue weighted by atomic mass is 10.1. The van der Waals surface area contributed by atoms with Crippen molar-refractivity contribution in [2.45, 2.75) is 33.2 Å². The highest BCUT2D eigenvalue weighted by Crippen LogP contribution is 2.06. The van der Waals surface area contributed by atoms with Crippen LogP contribution in [-0.4, -0.2) is 30.2 Å². The van der Waals surface area contributed by atoms with E-state index in [-0.39, 0.29) is 17.4 Å². The van der Waals surface area contributed by atoms with Crippen LogP contribution < -0.4 is 16.0 Å². The number of carbonyl (C=O) groups is 2. The first-order valence-electron chi connectivity index (χ1n) is 6.79. The fourth-order valence-corrected chi connectivity index (χ4v) is 1.57. The van der Waals surface area contributed by atoms with Gasteiger partial charge in [-0.05, 0) is 33.0 Å². The summed E-state index contributed by atoms with van der Waals surface area (Å²) in [5.74, 6) is -0.511. The normalized spacial score (nSPS) is 12.2. The van der Waals surface area contributed by atoms with Crippen LogP contribution in [0.15, 0.2) is 36.5 Å². The second-order valence-corrected chi connectivity index (χ2v) is 4.88. The highest BCUT2D eigenvalue weighted by Gasteiger charge is 2.16. The van der Waals surface area contributed by atoms with Crippen molar-refractivity contribution >= 4 is 18.0 Å². The van der Waals surface area contributed by atoms with E-state index in [0.717, 1.165) is 6.21 Å². The second-order valence-electron chi connectivity index (χ2n) is 4.88. The molecule has 0 aliphatic heterocycles. The summed E-state index contributed by atoms with van der Waals surface area (Å²) in [7, 11) is 0. The smallest absolute Gasteiger partial charge is 0.262 e. The third-order valence-corrected chi connectivity index (χ3v) is 2.37. The van der Waals surface area contributed by atoms with Gasteiger partial charge in [-0.25, -0.2) is 0 Å². The maximum atomic E-state index is 11.8. The van der Waals surface area contributed by atoms with E-state index in [1.54, 1.807) is 19.2 Å². The molecule has 7 nitrogen and oxygen atoms in total. The van der Waals surface area contributed by atoms with Crippen molar-refractivity contribution in [3.05, 3.63) is 36.5 Å². The standard InChI is InChI=1S/C15H24N4O3/c1-6-17-13(21)12(10-16)14(22-7-2)18-9-8-15(4,5)19-11(3)20/h6,8-10,16,18H,1,7H2,2-5H3,(H,17,21)(H,19,20)/b9-8+,14-12-,16-10?. The van der Waals surface area contributed by atoms with Crippen LogP contribution in [0.4, 0.5) is 0 Å². The molecule has 0 fully saturated rings. The molecule has 2 amide bonds. The lowest BCUT2D eigenvalue weighted by Crippen LogP contribution is -2.40. The van der Waals surface area contributed by atoms with Crippen LogP contribution in [0.2, 0.25) is 0 Å². The number of amides is 2. The van der Waals surface area contributed by atoms with Gasteiger partial charge in [0, 0.05) is 19.3 Å². The van der Waals surface area contributed by atoms with Crippen LogP contribution in [0, 0.1) is 5.41 Å². The summed E-state index contributed by atoms with van der Waals surface area (Å²) in [6, 6.07) is 0. The molecule has 22 heavy (non-hydrogen) atoms. The molecule has 0 spiro atoms. The third kappa shape index (κ3) is 7.28. The van der Waals surface area contributed by atoms with Gasteiger partial charge in [0.25, 0.3) is 5.91 Å². The van der Waals surface area contributed by atoms with Gasteiger partial charge in [0.1, 0.15) is 5.57 Å². The Morgan fingerprint density at radius 1 is 1.32 bits per heavy atom. The van der Waals surface area contributed by atoms with Crippen molar-refractivity contribution in [2.24, 2.45) is 0 Å². The zero-order chi connectivity index (χ0) is 17.2. The number of hydrogen-bond donors (Lipinski definition) is 4. The Bertz CT molecular complexity index is 493. The minimum atomic E-state index is -0.565. The minimum absolute atomic E-state index is 0.0312. The van der Waals surface area contributed by atoms with Gasteiger partial charge in [-0.15, -0.1) is 0 Å². The van der Waals surface area contributed by atoms with Crippen LogP contribution in [0.3, 0.4) is 0 Å². The molecule has 0 saturated heterocycles. The fourth-order valence-electron chi connectivity index (χ4n) is 1.57. The molecule has 7 heteroatoms. The molecule has 0 aromatic heterocycles. The van der Waals surface area contributed by atoms with E-state index in [1.807, 2.05) is 13.8 Å². The highest BCUT2D eigenvalue weighted by molar-refractivity contribution is 6.12. The van der Waals surface area contributed by atoms with Gasteiger partial charge in [-0.2, -0.15) is 0 Å². The van der Waals surface area contributed by atoms with Crippen LogP contribution >= 0.6 is 0 Å². The van der Waals surface area contributed by atoms with E-state index in [9.17, 15) is 9.59 Å². The molecular weight excluding hydrogens is 284 g/mol. The van der Waals surface area contributed by atoms with Gasteiger partial charge in [0.15, 0.2) is 0 Å². The zero-order valence-electron chi connectivity index (χ0n) is 13.4. The van der Waals surface area contributed by atoms with Gasteiger partial charge in [-0.1, -0.05) is 6.58 Å². The molecule has 0 unspecified atom stereocenters. The molecule has 4 N–H and O–H groups in total. The summed E-state index contributed by atoms with van der Waals surface area (Å²) in [5, 5.41) is 15.3. The molecule has 0 aliphatic carbocycles. The molecule has 122 valence electrons. The Hall–Kier alpha value is -2.57. The van der Waals surface area contributed by atoms with E-state index in [0.29, 0.717) is 6.61 Å². The molecular formula is C15H24N4O3. The average Bonchev–Trinajstić information content (AvgIpc) is 2.38. The van der Waals surface area contributed by atoms with Gasteiger partial charge in [0.2, 0.25) is 11.8 Å². The van der Waals surface area contributed by atoms with E-state index in [1.165, 1.54) is 13.1 Å². The van der Waals surface area contributed by atoms with Crippen molar-refractivity contribution in [1.29, 1.82) is 5.41 Å². The number of nitrogens with one attached hydrogen (secondary N) is 4. The van der Waals surface area contributed by atoms with Gasteiger partial charge >= 0.3 is 0 Å². The number of carbonyl (C=O) groups excluding carboxylic acids is 2. The van der Waals surface area contributed by atoms with Crippen LogP contribution in [0.1, 0.15) is 27.7 Å². The van der Waals surface area contributed by atoms with Gasteiger partial charge in [0.05, 0.1) is 12.1 Å². The summed E-state index contributed by atoms with van der Waals surface area (Å²) >= 11 is 0. The summed E-state index contributed by atoms with van der Waals surface area (Å²) in [6.07, 6.45) is 5.38. The lowest BCUT2D eigenvalue weighted by Gasteiger charge is -2.21. The van der Waals surface area contributed by atoms with Crippen LogP contribution in [0.25, 0.3) is 0 Å². The van der Waals surface area contributed by atoms with E-state index >= 15 is 0 Å². The first-order chi connectivity index (χ1) is 10.3. The monoisotopic (exact) mass is 308 g/mol. The average molecular weight is 308 g/mol.